The monoisotopic (exact) mass is 218 g/mol. The summed E-state index contributed by atoms with van der Waals surface area (Å²) in [4.78, 5) is 13.7. The molecule has 84 valence electrons. The lowest BCUT2D eigenvalue weighted by Gasteiger charge is -2.32. The van der Waals surface area contributed by atoms with Gasteiger partial charge in [-0.1, -0.05) is 0 Å². The summed E-state index contributed by atoms with van der Waals surface area (Å²) in [6.45, 7) is 6.22. The van der Waals surface area contributed by atoms with Crippen LogP contribution in [0.2, 0.25) is 0 Å². The maximum Gasteiger partial charge on any atom is 0.229 e. The van der Waals surface area contributed by atoms with E-state index in [1.165, 1.54) is 0 Å². The third kappa shape index (κ3) is 3.50. The third-order valence-electron chi connectivity index (χ3n) is 2.48. The van der Waals surface area contributed by atoms with E-state index in [4.69, 9.17) is 5.73 Å². The lowest BCUT2D eigenvalue weighted by atomic mass is 9.91. The van der Waals surface area contributed by atoms with Crippen molar-refractivity contribution in [3.05, 3.63) is 0 Å². The predicted molar refractivity (Wildman–Crippen MR) is 63.4 cm³/mol. The maximum atomic E-state index is 11.9. The highest BCUT2D eigenvalue weighted by Gasteiger charge is 2.30. The van der Waals surface area contributed by atoms with Crippen LogP contribution in [-0.2, 0) is 4.79 Å². The van der Waals surface area contributed by atoms with E-state index in [1.807, 2.05) is 27.2 Å². The van der Waals surface area contributed by atoms with Crippen molar-refractivity contribution in [2.45, 2.75) is 26.8 Å². The van der Waals surface area contributed by atoms with Crippen LogP contribution in [0.25, 0.3) is 0 Å². The molecule has 1 unspecified atom stereocenters. The fourth-order valence-corrected chi connectivity index (χ4v) is 1.82. The van der Waals surface area contributed by atoms with Gasteiger partial charge in [0.2, 0.25) is 5.91 Å². The Labute approximate surface area is 91.4 Å². The van der Waals surface area contributed by atoms with Crippen molar-refractivity contribution in [1.82, 2.24) is 4.90 Å². The minimum Gasteiger partial charge on any atom is -0.342 e. The van der Waals surface area contributed by atoms with Gasteiger partial charge < -0.3 is 10.6 Å². The predicted octanol–water partition coefficient (Wildman–Crippen LogP) is 1.18. The molecular weight excluding hydrogens is 196 g/mol. The zero-order chi connectivity index (χ0) is 11.4. The van der Waals surface area contributed by atoms with Crippen molar-refractivity contribution in [2.75, 3.05) is 25.6 Å². The molecule has 0 aromatic carbocycles. The van der Waals surface area contributed by atoms with Crippen molar-refractivity contribution < 1.29 is 4.79 Å². The molecule has 0 radical (unpaired) electrons. The summed E-state index contributed by atoms with van der Waals surface area (Å²) in [6, 6.07) is 0.267. The minimum atomic E-state index is -0.443. The lowest BCUT2D eigenvalue weighted by molar-refractivity contribution is -0.139. The fourth-order valence-electron chi connectivity index (χ4n) is 1.12. The maximum absolute atomic E-state index is 11.9. The largest absolute Gasteiger partial charge is 0.342 e. The summed E-state index contributed by atoms with van der Waals surface area (Å²) in [7, 11) is 1.85. The molecule has 2 N–H and O–H groups in total. The Morgan fingerprint density at radius 1 is 1.57 bits per heavy atom. The molecule has 0 saturated heterocycles. The molecule has 14 heavy (non-hydrogen) atoms. The van der Waals surface area contributed by atoms with E-state index in [0.29, 0.717) is 6.54 Å². The summed E-state index contributed by atoms with van der Waals surface area (Å²) in [5, 5.41) is 0. The van der Waals surface area contributed by atoms with Crippen molar-refractivity contribution in [3.8, 4) is 0 Å². The van der Waals surface area contributed by atoms with E-state index < -0.39 is 5.41 Å². The Kier molecular flexibility index (Phi) is 5.52. The van der Waals surface area contributed by atoms with E-state index in [2.05, 4.69) is 6.92 Å². The number of hydrogen-bond acceptors (Lipinski definition) is 3. The van der Waals surface area contributed by atoms with Gasteiger partial charge in [0.05, 0.1) is 5.41 Å². The van der Waals surface area contributed by atoms with E-state index in [1.54, 1.807) is 16.7 Å². The Morgan fingerprint density at radius 2 is 2.07 bits per heavy atom. The molecule has 0 fully saturated rings. The molecule has 0 heterocycles. The first-order valence-electron chi connectivity index (χ1n) is 4.83. The average molecular weight is 218 g/mol. The Morgan fingerprint density at radius 3 is 2.43 bits per heavy atom. The number of carbonyl (C=O) groups is 1. The Bertz CT molecular complexity index is 195. The van der Waals surface area contributed by atoms with E-state index in [9.17, 15) is 4.79 Å². The summed E-state index contributed by atoms with van der Waals surface area (Å²) >= 11 is 1.75. The summed E-state index contributed by atoms with van der Waals surface area (Å²) in [6.07, 6.45) is 2.04. The molecule has 1 atom stereocenters. The van der Waals surface area contributed by atoms with Gasteiger partial charge in [-0.2, -0.15) is 11.8 Å². The highest BCUT2D eigenvalue weighted by molar-refractivity contribution is 7.98. The Hall–Kier alpha value is -0.220. The molecule has 0 bridgehead atoms. The third-order valence-corrected chi connectivity index (χ3v) is 3.29. The van der Waals surface area contributed by atoms with Crippen LogP contribution >= 0.6 is 11.8 Å². The number of hydrogen-bond donors (Lipinski definition) is 1. The van der Waals surface area contributed by atoms with E-state index in [0.717, 1.165) is 5.75 Å². The summed E-state index contributed by atoms with van der Waals surface area (Å²) < 4.78 is 0. The number of rotatable bonds is 5. The van der Waals surface area contributed by atoms with E-state index in [-0.39, 0.29) is 11.9 Å². The highest BCUT2D eigenvalue weighted by atomic mass is 32.2. The molecule has 3 nitrogen and oxygen atoms in total. The first kappa shape index (κ1) is 13.8. The molecule has 0 aromatic rings. The van der Waals surface area contributed by atoms with Gasteiger partial charge in [-0.25, -0.2) is 0 Å². The zero-order valence-corrected chi connectivity index (χ0v) is 10.6. The number of thioether (sulfide) groups is 1. The fraction of sp³-hybridized carbons (Fsp3) is 0.900. The van der Waals surface area contributed by atoms with Gasteiger partial charge in [-0.3, -0.25) is 4.79 Å². The molecule has 0 aromatic heterocycles. The van der Waals surface area contributed by atoms with Gasteiger partial charge in [-0.05, 0) is 27.0 Å². The topological polar surface area (TPSA) is 46.3 Å². The number of nitrogens with two attached hydrogens (primary N) is 1. The molecule has 0 aliphatic heterocycles. The van der Waals surface area contributed by atoms with Crippen LogP contribution in [0.4, 0.5) is 0 Å². The van der Waals surface area contributed by atoms with Crippen LogP contribution in [0, 0.1) is 5.41 Å². The molecule has 0 saturated carbocycles. The normalized spacial score (nSPS) is 13.9. The van der Waals surface area contributed by atoms with Crippen molar-refractivity contribution >= 4 is 17.7 Å². The number of nitrogens with zero attached hydrogens (tertiary/aromatic N) is 1. The Balaban J connectivity index is 4.38. The minimum absolute atomic E-state index is 0.126. The van der Waals surface area contributed by atoms with Crippen molar-refractivity contribution in [3.63, 3.8) is 0 Å². The first-order valence-corrected chi connectivity index (χ1v) is 6.22. The van der Waals surface area contributed by atoms with Crippen LogP contribution in [0.3, 0.4) is 0 Å². The molecular formula is C10H22N2OS. The highest BCUT2D eigenvalue weighted by Crippen LogP contribution is 2.18. The molecule has 4 heteroatoms. The van der Waals surface area contributed by atoms with Crippen LogP contribution in [0.5, 0.6) is 0 Å². The van der Waals surface area contributed by atoms with Crippen LogP contribution in [0.15, 0.2) is 0 Å². The quantitative estimate of drug-likeness (QED) is 0.754. The first-order chi connectivity index (χ1) is 6.36. The number of carbonyl (C=O) groups excluding carboxylic acids is 1. The van der Waals surface area contributed by atoms with Crippen LogP contribution in [-0.4, -0.2) is 42.4 Å². The second-order valence-electron chi connectivity index (χ2n) is 4.31. The van der Waals surface area contributed by atoms with Gasteiger partial charge in [0.25, 0.3) is 0 Å². The van der Waals surface area contributed by atoms with Gasteiger partial charge in [-0.15, -0.1) is 0 Å². The molecule has 0 rings (SSSR count). The number of amides is 1. The lowest BCUT2D eigenvalue weighted by Crippen LogP contribution is -2.47. The standard InChI is InChI=1S/C10H22N2OS/c1-8(6-14-5)12(4)9(13)10(2,3)7-11/h8H,6-7,11H2,1-5H3. The molecule has 0 spiro atoms. The summed E-state index contributed by atoms with van der Waals surface area (Å²) in [5.74, 6) is 1.09. The average Bonchev–Trinajstić information content (AvgIpc) is 2.15. The van der Waals surface area contributed by atoms with Crippen LogP contribution < -0.4 is 5.73 Å². The SMILES string of the molecule is CSCC(C)N(C)C(=O)C(C)(C)CN. The van der Waals surface area contributed by atoms with Gasteiger partial charge in [0.15, 0.2) is 0 Å². The summed E-state index contributed by atoms with van der Waals surface area (Å²) in [5.41, 5.74) is 5.12. The smallest absolute Gasteiger partial charge is 0.229 e. The van der Waals surface area contributed by atoms with Crippen LogP contribution in [0.1, 0.15) is 20.8 Å². The molecule has 0 aliphatic rings. The zero-order valence-electron chi connectivity index (χ0n) is 9.83. The van der Waals surface area contributed by atoms with E-state index >= 15 is 0 Å². The van der Waals surface area contributed by atoms with Crippen molar-refractivity contribution in [2.24, 2.45) is 11.1 Å². The second-order valence-corrected chi connectivity index (χ2v) is 5.22. The second kappa shape index (κ2) is 5.61. The molecule has 1 amide bonds. The van der Waals surface area contributed by atoms with Gasteiger partial charge >= 0.3 is 0 Å². The van der Waals surface area contributed by atoms with Gasteiger partial charge in [0, 0.05) is 25.4 Å². The van der Waals surface area contributed by atoms with Crippen molar-refractivity contribution in [1.29, 1.82) is 0 Å². The molecule has 0 aliphatic carbocycles. The van der Waals surface area contributed by atoms with Gasteiger partial charge in [0.1, 0.15) is 0 Å².